The molecule has 1 aliphatic rings. The van der Waals surface area contributed by atoms with Gasteiger partial charge in [-0.25, -0.2) is 19.3 Å². The molecule has 0 atom stereocenters. The summed E-state index contributed by atoms with van der Waals surface area (Å²) in [4.78, 5) is 120. The molecule has 0 saturated carbocycles. The number of carbonyl (C=O) groups excluding carboxylic acids is 8. The molecule has 0 bridgehead atoms. The standard InChI is InChI=1S/C26H30N4O2.C20H24N6O2.C18H30N4O2.C12H14O4.C9H14N2.C6H11N3.C5H14N2/c1-29(2)23-13-5-19(6-14-23)17-27-25(31)21-9-11-22(12-10-21)26(32)28-18-20-7-15-24(16-8-20)30(3)4;27-19(23-7-1-11-25-13-9-21-15-25)17-3-5-18(6-4-17)20(28)24-8-2-12-26-14-10-22-16-26;1-21(2)13-5-11-19-17(23)15-7-9-16(10-8-15)18(24)20-12-6-14-22(3)4;1-9(13)10-3-5-11(6-4-10)12(14)16-8-7-15-2;1-11(2)9-5-3-8(7-10)4-6-9;7-2-1-4-9-5-3-8-6-9;1-7(2)5-3-4-6/h5-16H,17-18H2,1-4H3,(H,27,31)(H,28,32);3-6,9,13-16H,1-2,7-8,10-12H2,(H-,23,24,27,28);7-10H,5-6,11-14H2,1-4H3,(H,19,23)(H,20,24);3-6H,7-8H2,1-2H3;3-6H,7,10H2,1-2H3;3,5-6H,1-2,4,7H2;3-6H2,1-2H3/p+1. The van der Waals surface area contributed by atoms with Crippen LogP contribution in [0.3, 0.4) is 0 Å². The topological polar surface area (TPSA) is 376 Å². The number of esters is 1. The zero-order valence-corrected chi connectivity index (χ0v) is 76.9. The summed E-state index contributed by atoms with van der Waals surface area (Å²) in [5.41, 5.74) is 27.0. The van der Waals surface area contributed by atoms with Gasteiger partial charge in [-0.1, -0.05) is 53.5 Å². The number of imidazole rings is 2. The summed E-state index contributed by atoms with van der Waals surface area (Å²) in [5, 5.41) is 17.4. The van der Waals surface area contributed by atoms with Gasteiger partial charge in [0.05, 0.1) is 31.4 Å². The highest BCUT2D eigenvalue weighted by atomic mass is 16.6. The maximum absolute atomic E-state index is 12.4. The molecule has 9 aromatic rings. The van der Waals surface area contributed by atoms with Crippen LogP contribution in [-0.4, -0.2) is 275 Å². The van der Waals surface area contributed by atoms with E-state index in [4.69, 9.17) is 26.7 Å². The van der Waals surface area contributed by atoms with Gasteiger partial charge in [-0.2, -0.15) is 0 Å². The van der Waals surface area contributed by atoms with Gasteiger partial charge in [0, 0.05) is 196 Å². The lowest BCUT2D eigenvalue weighted by atomic mass is 10.1. The number of Topliss-reactive ketones (excluding diaryl/α,β-unsaturated/α-hetero) is 1. The highest BCUT2D eigenvalue weighted by molar-refractivity contribution is 6.00. The molecule has 10 rings (SSSR count). The van der Waals surface area contributed by atoms with Crippen molar-refractivity contribution in [2.75, 3.05) is 192 Å². The van der Waals surface area contributed by atoms with Gasteiger partial charge in [-0.05, 0) is 252 Å². The van der Waals surface area contributed by atoms with Crippen molar-refractivity contribution in [3.05, 3.63) is 268 Å². The number of nitrogens with one attached hydrogen (secondary N) is 6. The van der Waals surface area contributed by atoms with Gasteiger partial charge in [0.1, 0.15) is 12.8 Å². The van der Waals surface area contributed by atoms with E-state index in [1.807, 2.05) is 167 Å². The Labute approximate surface area is 751 Å². The van der Waals surface area contributed by atoms with Crippen LogP contribution < -0.4 is 63.8 Å². The molecule has 6 amide bonds. The molecule has 12 N–H and O–H groups in total. The minimum absolute atomic E-state index is 0.0284. The van der Waals surface area contributed by atoms with E-state index in [0.717, 1.165) is 120 Å². The van der Waals surface area contributed by atoms with Crippen LogP contribution >= 0.6 is 0 Å². The third kappa shape index (κ3) is 45.7. The molecule has 686 valence electrons. The lowest BCUT2D eigenvalue weighted by Crippen LogP contribution is -2.28. The number of hydrogen-bond acceptors (Lipinski definition) is 22. The zero-order valence-electron chi connectivity index (χ0n) is 76.9. The summed E-state index contributed by atoms with van der Waals surface area (Å²) < 4.78 is 15.7. The summed E-state index contributed by atoms with van der Waals surface area (Å²) in [6.45, 7) is 13.9. The Balaban J connectivity index is 0.000000327. The number of methoxy groups -OCH3 is 1. The van der Waals surface area contributed by atoms with E-state index in [1.165, 1.54) is 25.3 Å². The number of benzene rings is 7. The molecule has 2 aromatic heterocycles. The Morgan fingerprint density at radius 2 is 0.724 bits per heavy atom. The van der Waals surface area contributed by atoms with Gasteiger partial charge in [-0.15, -0.1) is 0 Å². The zero-order chi connectivity index (χ0) is 93.1. The van der Waals surface area contributed by atoms with Crippen molar-refractivity contribution in [3.8, 4) is 0 Å². The van der Waals surface area contributed by atoms with E-state index in [-0.39, 0.29) is 47.8 Å². The number of nitrogens with two attached hydrogens (primary N) is 3. The van der Waals surface area contributed by atoms with Crippen LogP contribution in [0.5, 0.6) is 0 Å². The van der Waals surface area contributed by atoms with Crippen LogP contribution in [0.4, 0.5) is 17.1 Å². The van der Waals surface area contributed by atoms with Crippen molar-refractivity contribution < 1.29 is 52.4 Å². The van der Waals surface area contributed by atoms with Gasteiger partial charge >= 0.3 is 5.97 Å². The van der Waals surface area contributed by atoms with E-state index >= 15 is 0 Å². The molecular weight excluding hydrogens is 1610 g/mol. The second kappa shape index (κ2) is 62.5. The average Bonchev–Trinajstić information content (AvgIpc) is 1.86. The van der Waals surface area contributed by atoms with Crippen molar-refractivity contribution in [2.24, 2.45) is 22.2 Å². The normalized spacial score (nSPS) is 10.8. The van der Waals surface area contributed by atoms with E-state index < -0.39 is 5.97 Å². The SMILES string of the molecule is CN(C)CCCN.CN(C)CCCNC(=O)c1ccc(C(=O)NCCCN(C)C)cc1.CN(C)c1ccc(CN)cc1.CN(C)c1ccc(CNC(=O)c2ccc(C(=O)NCc3ccc(N(C)C)cc3)cc2)cc1.COCCOC(=O)c1ccc(C(C)=O)cc1.NCCCn1ccnc1.O=C(NCCCn1ccnc1)c1ccc(C(=O)NCCC[N+]2=CCN=C2)cc1. The monoisotopic (exact) mass is 1750 g/mol. The van der Waals surface area contributed by atoms with Crippen molar-refractivity contribution in [3.63, 3.8) is 0 Å². The number of aryl methyl sites for hydroxylation is 2. The molecule has 0 unspecified atom stereocenters. The van der Waals surface area contributed by atoms with Crippen molar-refractivity contribution in [1.29, 1.82) is 0 Å². The molecule has 31 heteroatoms. The number of nitrogens with zero attached hydrogens (tertiary/aromatic N) is 12. The number of amides is 6. The quantitative estimate of drug-likeness (QED) is 0.00748. The number of aromatic nitrogens is 4. The van der Waals surface area contributed by atoms with E-state index in [2.05, 4.69) is 105 Å². The Hall–Kier alpha value is -12.6. The number of aliphatic imine (C=N–C) groups is 1. The molecular formula is C96H138N21O10+. The molecule has 0 spiro atoms. The lowest BCUT2D eigenvalue weighted by Gasteiger charge is -2.13. The maximum atomic E-state index is 12.4. The summed E-state index contributed by atoms with van der Waals surface area (Å²) >= 11 is 0. The number of hydrogen-bond donors (Lipinski definition) is 9. The van der Waals surface area contributed by atoms with Crippen molar-refractivity contribution in [1.82, 2.24) is 65.7 Å². The van der Waals surface area contributed by atoms with Crippen LogP contribution in [0.2, 0.25) is 0 Å². The van der Waals surface area contributed by atoms with Gasteiger partial charge < -0.3 is 97.1 Å². The number of rotatable bonds is 41. The van der Waals surface area contributed by atoms with Gasteiger partial charge in [0.2, 0.25) is 0 Å². The smallest absolute Gasteiger partial charge is 0.338 e. The van der Waals surface area contributed by atoms with Crippen LogP contribution in [0.1, 0.15) is 145 Å². The second-order valence-corrected chi connectivity index (χ2v) is 30.9. The molecule has 7 aromatic carbocycles. The number of ketones is 1. The predicted octanol–water partition coefficient (Wildman–Crippen LogP) is 8.71. The molecule has 0 fully saturated rings. The summed E-state index contributed by atoms with van der Waals surface area (Å²) in [6, 6.07) is 50.8. The van der Waals surface area contributed by atoms with Crippen molar-refractivity contribution >= 4 is 76.8 Å². The third-order valence-corrected chi connectivity index (χ3v) is 18.9. The third-order valence-electron chi connectivity index (χ3n) is 18.9. The van der Waals surface area contributed by atoms with Gasteiger partial charge in [-0.3, -0.25) is 33.6 Å². The number of anilines is 3. The van der Waals surface area contributed by atoms with Gasteiger partial charge in [0.15, 0.2) is 12.3 Å². The molecule has 31 nitrogen and oxygen atoms in total. The highest BCUT2D eigenvalue weighted by Gasteiger charge is 2.15. The van der Waals surface area contributed by atoms with Crippen LogP contribution in [0.25, 0.3) is 0 Å². The molecule has 0 aliphatic carbocycles. The maximum Gasteiger partial charge on any atom is 0.338 e. The fraction of sp³-hybridized carbons (Fsp3) is 0.396. The molecule has 1 aliphatic heterocycles. The minimum Gasteiger partial charge on any atom is -0.460 e. The molecule has 3 heterocycles. The summed E-state index contributed by atoms with van der Waals surface area (Å²) in [5.74, 6) is -1.26. The Bertz CT molecular complexity index is 4510. The van der Waals surface area contributed by atoms with Crippen molar-refractivity contribution in [2.45, 2.75) is 78.2 Å². The van der Waals surface area contributed by atoms with Gasteiger partial charge in [0.25, 0.3) is 41.8 Å². The molecule has 0 saturated heterocycles. The fourth-order valence-corrected chi connectivity index (χ4v) is 11.3. The second-order valence-electron chi connectivity index (χ2n) is 30.9. The van der Waals surface area contributed by atoms with E-state index in [0.29, 0.717) is 96.9 Å². The van der Waals surface area contributed by atoms with Crippen LogP contribution in [0.15, 0.2) is 212 Å². The number of ether oxygens (including phenoxy) is 2. The number of carbonyl (C=O) groups is 8. The summed E-state index contributed by atoms with van der Waals surface area (Å²) in [6.07, 6.45) is 20.3. The first-order valence-corrected chi connectivity index (χ1v) is 42.6. The molecule has 127 heavy (non-hydrogen) atoms. The molecule has 0 radical (unpaired) electrons. The van der Waals surface area contributed by atoms with E-state index in [1.54, 1.807) is 122 Å². The van der Waals surface area contributed by atoms with Crippen LogP contribution in [-0.2, 0) is 42.2 Å². The highest BCUT2D eigenvalue weighted by Crippen LogP contribution is 2.17. The Kier molecular flexibility index (Phi) is 52.5. The Morgan fingerprint density at radius 1 is 0.394 bits per heavy atom. The fourth-order valence-electron chi connectivity index (χ4n) is 11.3. The average molecular weight is 1750 g/mol. The first-order chi connectivity index (χ1) is 61.0. The Morgan fingerprint density at radius 3 is 1.03 bits per heavy atom. The minimum atomic E-state index is -0.410. The first-order valence-electron chi connectivity index (χ1n) is 42.6. The lowest BCUT2D eigenvalue weighted by molar-refractivity contribution is -0.390. The first kappa shape index (κ1) is 107. The predicted molar refractivity (Wildman–Crippen MR) is 510 cm³/mol. The van der Waals surface area contributed by atoms with Crippen LogP contribution in [0, 0.1) is 0 Å². The van der Waals surface area contributed by atoms with E-state index in [9.17, 15) is 38.4 Å². The largest absolute Gasteiger partial charge is 0.460 e. The summed E-state index contributed by atoms with van der Waals surface area (Å²) in [7, 11) is 25.7.